The van der Waals surface area contributed by atoms with Gasteiger partial charge in [0, 0.05) is 16.5 Å². The van der Waals surface area contributed by atoms with E-state index in [1.165, 1.54) is 0 Å². The first-order valence-corrected chi connectivity index (χ1v) is 11.1. The molecule has 1 N–H and O–H groups in total. The van der Waals surface area contributed by atoms with Gasteiger partial charge in [-0.15, -0.1) is 5.10 Å². The van der Waals surface area contributed by atoms with Crippen LogP contribution in [0, 0.1) is 5.92 Å². The Kier molecular flexibility index (Phi) is 5.83. The third-order valence-electron chi connectivity index (χ3n) is 6.73. The van der Waals surface area contributed by atoms with Crippen molar-refractivity contribution in [1.82, 2.24) is 30.1 Å². The van der Waals surface area contributed by atoms with Gasteiger partial charge in [0.15, 0.2) is 5.82 Å². The van der Waals surface area contributed by atoms with E-state index in [-0.39, 0.29) is 17.1 Å². The Morgan fingerprint density at radius 1 is 1.26 bits per heavy atom. The molecule has 1 fully saturated rings. The lowest BCUT2D eigenvalue weighted by molar-refractivity contribution is 0.143. The number of benzene rings is 1. The average molecular weight is 425 g/mol. The van der Waals surface area contributed by atoms with Crippen molar-refractivity contribution in [2.24, 2.45) is 5.92 Å². The first-order valence-electron chi connectivity index (χ1n) is 11.1. The molecular weight excluding hydrogens is 392 g/mol. The number of ether oxygens (including phenoxy) is 1. The van der Waals surface area contributed by atoms with Crippen molar-refractivity contribution in [3.8, 4) is 5.75 Å². The number of hydrogen-bond donors (Lipinski definition) is 1. The van der Waals surface area contributed by atoms with Gasteiger partial charge >= 0.3 is 0 Å². The molecule has 8 nitrogen and oxygen atoms in total. The molecule has 1 aliphatic rings. The lowest BCUT2D eigenvalue weighted by atomic mass is 9.94. The molecule has 1 saturated heterocycles. The minimum atomic E-state index is -0.312. The van der Waals surface area contributed by atoms with Crippen LogP contribution < -0.4 is 10.3 Å². The minimum absolute atomic E-state index is 0.106. The van der Waals surface area contributed by atoms with E-state index in [1.807, 2.05) is 28.9 Å². The maximum Gasteiger partial charge on any atom is 0.253 e. The van der Waals surface area contributed by atoms with Crippen molar-refractivity contribution in [3.05, 3.63) is 46.0 Å². The van der Waals surface area contributed by atoms with Gasteiger partial charge in [-0.1, -0.05) is 13.8 Å². The number of aromatic nitrogens is 5. The summed E-state index contributed by atoms with van der Waals surface area (Å²) < 4.78 is 7.29. The molecule has 0 bridgehead atoms. The monoisotopic (exact) mass is 424 g/mol. The zero-order valence-electron chi connectivity index (χ0n) is 19.1. The first-order chi connectivity index (χ1) is 14.8. The van der Waals surface area contributed by atoms with Crippen molar-refractivity contribution in [2.45, 2.75) is 58.5 Å². The number of fused-ring (bicyclic) bond motifs is 1. The summed E-state index contributed by atoms with van der Waals surface area (Å²) >= 11 is 0. The van der Waals surface area contributed by atoms with Crippen LogP contribution in [-0.4, -0.2) is 50.3 Å². The van der Waals surface area contributed by atoms with E-state index in [4.69, 9.17) is 4.74 Å². The second kappa shape index (κ2) is 8.42. The summed E-state index contributed by atoms with van der Waals surface area (Å²) in [6.07, 6.45) is 3.06. The van der Waals surface area contributed by atoms with Crippen LogP contribution in [0.2, 0.25) is 0 Å². The number of aromatic amines is 1. The largest absolute Gasteiger partial charge is 0.497 e. The maximum absolute atomic E-state index is 13.3. The van der Waals surface area contributed by atoms with Crippen molar-refractivity contribution < 1.29 is 4.74 Å². The van der Waals surface area contributed by atoms with E-state index in [0.717, 1.165) is 49.0 Å². The Labute approximate surface area is 182 Å². The van der Waals surface area contributed by atoms with Crippen molar-refractivity contribution >= 4 is 10.9 Å². The standard InChI is InChI=1S/C23H32N6O2/c1-6-23(3,4)29-21(25-26-27-29)20(28-11-9-15(2)10-12-28)18-14-16-13-17(31-5)7-8-19(16)24-22(18)30/h7-8,13-15,20H,6,9-12H2,1-5H3,(H,24,30). The highest BCUT2D eigenvalue weighted by Crippen LogP contribution is 2.33. The van der Waals surface area contributed by atoms with E-state index in [9.17, 15) is 4.79 Å². The number of nitrogens with zero attached hydrogens (tertiary/aromatic N) is 5. The van der Waals surface area contributed by atoms with Gasteiger partial charge in [0.25, 0.3) is 5.56 Å². The van der Waals surface area contributed by atoms with E-state index in [2.05, 4.69) is 53.1 Å². The van der Waals surface area contributed by atoms with E-state index >= 15 is 0 Å². The van der Waals surface area contributed by atoms with Gasteiger partial charge in [-0.05, 0) is 86.8 Å². The molecule has 0 amide bonds. The Bertz CT molecular complexity index is 1110. The normalized spacial score (nSPS) is 17.2. The average Bonchev–Trinajstić information content (AvgIpc) is 3.25. The van der Waals surface area contributed by atoms with Crippen molar-refractivity contribution in [2.75, 3.05) is 20.2 Å². The zero-order valence-corrected chi connectivity index (χ0v) is 19.1. The molecule has 4 rings (SSSR count). The second-order valence-electron chi connectivity index (χ2n) is 9.24. The zero-order chi connectivity index (χ0) is 22.2. The van der Waals surface area contributed by atoms with Gasteiger partial charge < -0.3 is 9.72 Å². The highest BCUT2D eigenvalue weighted by molar-refractivity contribution is 5.80. The Morgan fingerprint density at radius 2 is 2.00 bits per heavy atom. The fourth-order valence-electron chi connectivity index (χ4n) is 4.26. The fraction of sp³-hybridized carbons (Fsp3) is 0.565. The SMILES string of the molecule is CCC(C)(C)n1nnnc1C(c1cc2cc(OC)ccc2[nH]c1=O)N1CCC(C)CC1. The number of piperidine rings is 1. The summed E-state index contributed by atoms with van der Waals surface area (Å²) in [4.78, 5) is 18.7. The summed E-state index contributed by atoms with van der Waals surface area (Å²) in [7, 11) is 1.65. The Balaban J connectivity index is 1.89. The Morgan fingerprint density at radius 3 is 2.68 bits per heavy atom. The number of nitrogens with one attached hydrogen (secondary N) is 1. The van der Waals surface area contributed by atoms with Gasteiger partial charge in [0.1, 0.15) is 11.8 Å². The predicted molar refractivity (Wildman–Crippen MR) is 120 cm³/mol. The van der Waals surface area contributed by atoms with Crippen LogP contribution in [0.15, 0.2) is 29.1 Å². The summed E-state index contributed by atoms with van der Waals surface area (Å²) in [5.74, 6) is 2.15. The van der Waals surface area contributed by atoms with Crippen molar-refractivity contribution in [1.29, 1.82) is 0 Å². The van der Waals surface area contributed by atoms with Gasteiger partial charge in [-0.2, -0.15) is 0 Å². The van der Waals surface area contributed by atoms with Crippen LogP contribution in [0.1, 0.15) is 64.4 Å². The highest BCUT2D eigenvalue weighted by Gasteiger charge is 2.35. The molecule has 1 atom stereocenters. The van der Waals surface area contributed by atoms with Crippen LogP contribution in [0.4, 0.5) is 0 Å². The molecule has 2 aromatic heterocycles. The van der Waals surface area contributed by atoms with Crippen LogP contribution in [0.3, 0.4) is 0 Å². The van der Waals surface area contributed by atoms with Crippen LogP contribution in [0.5, 0.6) is 5.75 Å². The smallest absolute Gasteiger partial charge is 0.253 e. The maximum atomic E-state index is 13.3. The summed E-state index contributed by atoms with van der Waals surface area (Å²) in [6.45, 7) is 10.5. The number of pyridine rings is 1. The molecule has 0 radical (unpaired) electrons. The van der Waals surface area contributed by atoms with Gasteiger partial charge in [-0.25, -0.2) is 4.68 Å². The number of tetrazole rings is 1. The highest BCUT2D eigenvalue weighted by atomic mass is 16.5. The fourth-order valence-corrected chi connectivity index (χ4v) is 4.26. The molecule has 1 unspecified atom stereocenters. The van der Waals surface area contributed by atoms with Crippen LogP contribution in [-0.2, 0) is 5.54 Å². The number of rotatable bonds is 6. The molecule has 1 aromatic carbocycles. The summed E-state index contributed by atoms with van der Waals surface area (Å²) in [5, 5.41) is 13.7. The molecule has 31 heavy (non-hydrogen) atoms. The topological polar surface area (TPSA) is 88.9 Å². The van der Waals surface area contributed by atoms with Crippen molar-refractivity contribution in [3.63, 3.8) is 0 Å². The lowest BCUT2D eigenvalue weighted by Crippen LogP contribution is -2.41. The Hall–Kier alpha value is -2.74. The van der Waals surface area contributed by atoms with E-state index in [1.54, 1.807) is 7.11 Å². The molecule has 3 heterocycles. The number of H-pyrrole nitrogens is 1. The lowest BCUT2D eigenvalue weighted by Gasteiger charge is -2.37. The summed E-state index contributed by atoms with van der Waals surface area (Å²) in [6, 6.07) is 7.33. The summed E-state index contributed by atoms with van der Waals surface area (Å²) in [5.41, 5.74) is 1.09. The molecule has 0 saturated carbocycles. The third kappa shape index (κ3) is 4.08. The molecule has 0 spiro atoms. The predicted octanol–water partition coefficient (Wildman–Crippen LogP) is 3.49. The molecular formula is C23H32N6O2. The van der Waals surface area contributed by atoms with Crippen LogP contribution in [0.25, 0.3) is 10.9 Å². The third-order valence-corrected chi connectivity index (χ3v) is 6.73. The quantitative estimate of drug-likeness (QED) is 0.652. The molecule has 3 aromatic rings. The number of hydrogen-bond acceptors (Lipinski definition) is 6. The van der Waals surface area contributed by atoms with Crippen LogP contribution >= 0.6 is 0 Å². The first kappa shape index (κ1) is 21.5. The minimum Gasteiger partial charge on any atom is -0.497 e. The number of likely N-dealkylation sites (tertiary alicyclic amines) is 1. The van der Waals surface area contributed by atoms with E-state index < -0.39 is 0 Å². The van der Waals surface area contributed by atoms with Gasteiger partial charge in [0.2, 0.25) is 0 Å². The molecule has 0 aliphatic carbocycles. The van der Waals surface area contributed by atoms with Gasteiger partial charge in [0.05, 0.1) is 12.6 Å². The number of methoxy groups -OCH3 is 1. The molecule has 8 heteroatoms. The molecule has 1 aliphatic heterocycles. The van der Waals surface area contributed by atoms with Gasteiger partial charge in [-0.3, -0.25) is 9.69 Å². The molecule has 166 valence electrons. The van der Waals surface area contributed by atoms with E-state index in [0.29, 0.717) is 17.3 Å². The second-order valence-corrected chi connectivity index (χ2v) is 9.24.